The molecule has 0 radical (unpaired) electrons. The fourth-order valence-corrected chi connectivity index (χ4v) is 4.14. The van der Waals surface area contributed by atoms with Crippen LogP contribution in [0.15, 0.2) is 66.9 Å². The molecule has 0 saturated carbocycles. The standard InChI is InChI=1S/C26H27N9/c1-30-26(29)35(3)17-7-4-15(5-8-17)16-6-10-21-19(12-16)20(14-31-21)24-32-22-11-9-18(13-23(22)33-24)34(2)25(27)28/h4-14,31H,1-3H3,(H3,27,28)(H2,29,30)(H,32,33). The van der Waals surface area contributed by atoms with Crippen molar-refractivity contribution in [1.29, 1.82) is 10.8 Å². The Morgan fingerprint density at radius 1 is 0.886 bits per heavy atom. The Kier molecular flexibility index (Phi) is 5.37. The lowest BCUT2D eigenvalue weighted by atomic mass is 10.0. The predicted octanol–water partition coefficient (Wildman–Crippen LogP) is 4.30. The molecule has 5 rings (SSSR count). The van der Waals surface area contributed by atoms with E-state index in [2.05, 4.69) is 45.6 Å². The molecule has 0 atom stereocenters. The highest BCUT2D eigenvalue weighted by Crippen LogP contribution is 2.33. The van der Waals surface area contributed by atoms with Crippen LogP contribution >= 0.6 is 0 Å². The highest BCUT2D eigenvalue weighted by molar-refractivity contribution is 5.99. The molecule has 0 fully saturated rings. The molecule has 2 heterocycles. The number of anilines is 2. The second-order valence-electron chi connectivity index (χ2n) is 8.40. The Balaban J connectivity index is 1.51. The fourth-order valence-electron chi connectivity index (χ4n) is 4.14. The van der Waals surface area contributed by atoms with Crippen LogP contribution in [0.4, 0.5) is 11.4 Å². The molecular weight excluding hydrogens is 438 g/mol. The van der Waals surface area contributed by atoms with E-state index in [-0.39, 0.29) is 5.96 Å². The number of aromatic nitrogens is 3. The minimum absolute atomic E-state index is 0.0202. The van der Waals surface area contributed by atoms with E-state index in [9.17, 15) is 0 Å². The van der Waals surface area contributed by atoms with Crippen molar-refractivity contribution in [3.05, 3.63) is 66.9 Å². The number of nitrogens with zero attached hydrogens (tertiary/aromatic N) is 3. The van der Waals surface area contributed by atoms with Gasteiger partial charge in [-0.1, -0.05) is 18.2 Å². The summed E-state index contributed by atoms with van der Waals surface area (Å²) in [6.45, 7) is 0. The van der Waals surface area contributed by atoms with Crippen LogP contribution in [0.25, 0.3) is 44.5 Å². The van der Waals surface area contributed by atoms with Gasteiger partial charge in [-0.05, 0) is 53.6 Å². The van der Waals surface area contributed by atoms with E-state index in [4.69, 9.17) is 21.5 Å². The van der Waals surface area contributed by atoms with E-state index in [0.29, 0.717) is 5.96 Å². The summed E-state index contributed by atoms with van der Waals surface area (Å²) in [7, 11) is 5.36. The van der Waals surface area contributed by atoms with Gasteiger partial charge < -0.3 is 30.8 Å². The summed E-state index contributed by atoms with van der Waals surface area (Å²) in [5, 5.41) is 19.5. The summed E-state index contributed by atoms with van der Waals surface area (Å²) in [4.78, 5) is 15.0. The Bertz CT molecular complexity index is 1560. The van der Waals surface area contributed by atoms with Gasteiger partial charge in [-0.15, -0.1) is 0 Å². The van der Waals surface area contributed by atoms with Gasteiger partial charge in [0.15, 0.2) is 11.9 Å². The molecule has 176 valence electrons. The topological polar surface area (TPSA) is 137 Å². The van der Waals surface area contributed by atoms with Crippen LogP contribution in [0.3, 0.4) is 0 Å². The summed E-state index contributed by atoms with van der Waals surface area (Å²) in [5.41, 5.74) is 13.3. The van der Waals surface area contributed by atoms with Gasteiger partial charge in [0, 0.05) is 55.2 Å². The first-order valence-electron chi connectivity index (χ1n) is 11.1. The second kappa shape index (κ2) is 8.53. The molecule has 2 aromatic heterocycles. The van der Waals surface area contributed by atoms with Crippen molar-refractivity contribution in [1.82, 2.24) is 20.3 Å². The lowest BCUT2D eigenvalue weighted by Gasteiger charge is -2.19. The highest BCUT2D eigenvalue weighted by atomic mass is 15.2. The maximum Gasteiger partial charge on any atom is 0.195 e. The highest BCUT2D eigenvalue weighted by Gasteiger charge is 2.14. The molecule has 0 aliphatic rings. The summed E-state index contributed by atoms with van der Waals surface area (Å²) in [6, 6.07) is 20.3. The average Bonchev–Trinajstić information content (AvgIpc) is 3.50. The molecule has 3 aromatic carbocycles. The van der Waals surface area contributed by atoms with Gasteiger partial charge in [0.05, 0.1) is 11.0 Å². The number of aromatic amines is 2. The summed E-state index contributed by atoms with van der Waals surface area (Å²) in [6.07, 6.45) is 1.97. The molecule has 9 nitrogen and oxygen atoms in total. The molecule has 7 N–H and O–H groups in total. The first-order valence-corrected chi connectivity index (χ1v) is 11.1. The van der Waals surface area contributed by atoms with Gasteiger partial charge in [-0.25, -0.2) is 4.98 Å². The number of benzene rings is 3. The SMILES string of the molecule is CNC(=N)N(C)c1ccc(-c2ccc3[nH]cc(-c4nc5ccc(N(C)C(=N)N)cc5[nH]4)c3c2)cc1. The second-order valence-corrected chi connectivity index (χ2v) is 8.40. The summed E-state index contributed by atoms with van der Waals surface area (Å²) >= 11 is 0. The number of hydrogen-bond donors (Lipinski definition) is 6. The predicted molar refractivity (Wildman–Crippen MR) is 144 cm³/mol. The van der Waals surface area contributed by atoms with Crippen molar-refractivity contribution in [3.8, 4) is 22.5 Å². The summed E-state index contributed by atoms with van der Waals surface area (Å²) in [5.74, 6) is 1.09. The van der Waals surface area contributed by atoms with Crippen LogP contribution in [-0.4, -0.2) is 48.0 Å². The zero-order chi connectivity index (χ0) is 24.7. The largest absolute Gasteiger partial charge is 0.370 e. The quantitative estimate of drug-likeness (QED) is 0.174. The first-order chi connectivity index (χ1) is 16.9. The van der Waals surface area contributed by atoms with E-state index in [1.807, 2.05) is 43.6 Å². The maximum absolute atomic E-state index is 7.95. The van der Waals surface area contributed by atoms with Gasteiger partial charge in [0.1, 0.15) is 5.82 Å². The summed E-state index contributed by atoms with van der Waals surface area (Å²) < 4.78 is 0. The number of guanidine groups is 2. The van der Waals surface area contributed by atoms with Gasteiger partial charge in [0.25, 0.3) is 0 Å². The van der Waals surface area contributed by atoms with Crippen LogP contribution in [0.5, 0.6) is 0 Å². The van der Waals surface area contributed by atoms with E-state index in [1.165, 1.54) is 0 Å². The molecule has 0 aliphatic carbocycles. The van der Waals surface area contributed by atoms with E-state index >= 15 is 0 Å². The number of nitrogens with two attached hydrogens (primary N) is 1. The molecular formula is C26H27N9. The van der Waals surface area contributed by atoms with E-state index in [0.717, 1.165) is 55.8 Å². The fraction of sp³-hybridized carbons (Fsp3) is 0.115. The molecule has 0 spiro atoms. The van der Waals surface area contributed by atoms with Crippen molar-refractivity contribution in [2.45, 2.75) is 0 Å². The third-order valence-corrected chi connectivity index (χ3v) is 6.31. The number of rotatable bonds is 4. The molecule has 0 unspecified atom stereocenters. The first kappa shape index (κ1) is 22.0. The Hall–Kier alpha value is -4.79. The number of imidazole rings is 1. The van der Waals surface area contributed by atoms with Gasteiger partial charge in [0.2, 0.25) is 0 Å². The van der Waals surface area contributed by atoms with Crippen LogP contribution < -0.4 is 20.9 Å². The van der Waals surface area contributed by atoms with Crippen molar-refractivity contribution in [2.75, 3.05) is 30.9 Å². The minimum Gasteiger partial charge on any atom is -0.370 e. The number of fused-ring (bicyclic) bond motifs is 2. The van der Waals surface area contributed by atoms with Crippen LogP contribution in [0.2, 0.25) is 0 Å². The third kappa shape index (κ3) is 3.93. The van der Waals surface area contributed by atoms with Crippen molar-refractivity contribution < 1.29 is 0 Å². The van der Waals surface area contributed by atoms with Crippen molar-refractivity contribution >= 4 is 45.2 Å². The van der Waals surface area contributed by atoms with E-state index < -0.39 is 0 Å². The Morgan fingerprint density at radius 2 is 1.60 bits per heavy atom. The normalized spacial score (nSPS) is 11.1. The number of H-pyrrole nitrogens is 2. The molecule has 0 saturated heterocycles. The van der Waals surface area contributed by atoms with E-state index in [1.54, 1.807) is 23.9 Å². The van der Waals surface area contributed by atoms with Crippen LogP contribution in [0.1, 0.15) is 0 Å². The van der Waals surface area contributed by atoms with Crippen molar-refractivity contribution in [2.24, 2.45) is 5.73 Å². The zero-order valence-electron chi connectivity index (χ0n) is 19.8. The third-order valence-electron chi connectivity index (χ3n) is 6.31. The monoisotopic (exact) mass is 465 g/mol. The Morgan fingerprint density at radius 3 is 2.31 bits per heavy atom. The molecule has 0 aliphatic heterocycles. The van der Waals surface area contributed by atoms with Gasteiger partial charge >= 0.3 is 0 Å². The molecule has 35 heavy (non-hydrogen) atoms. The number of hydrogen-bond acceptors (Lipinski definition) is 3. The molecule has 0 amide bonds. The zero-order valence-corrected chi connectivity index (χ0v) is 19.8. The lowest BCUT2D eigenvalue weighted by molar-refractivity contribution is 1.06. The lowest BCUT2D eigenvalue weighted by Crippen LogP contribution is -2.35. The molecule has 5 aromatic rings. The minimum atomic E-state index is -0.0202. The van der Waals surface area contributed by atoms with Crippen LogP contribution in [-0.2, 0) is 0 Å². The number of nitrogens with one attached hydrogen (secondary N) is 5. The Labute approximate surface area is 202 Å². The van der Waals surface area contributed by atoms with Gasteiger partial charge in [-0.3, -0.25) is 10.8 Å². The van der Waals surface area contributed by atoms with Gasteiger partial charge in [-0.2, -0.15) is 0 Å². The average molecular weight is 466 g/mol. The smallest absolute Gasteiger partial charge is 0.195 e. The van der Waals surface area contributed by atoms with Crippen LogP contribution in [0, 0.1) is 10.8 Å². The molecule has 0 bridgehead atoms. The molecule has 9 heteroatoms. The maximum atomic E-state index is 7.95. The van der Waals surface area contributed by atoms with Crippen molar-refractivity contribution in [3.63, 3.8) is 0 Å².